The van der Waals surface area contributed by atoms with Crippen molar-refractivity contribution in [1.82, 2.24) is 0 Å². The lowest BCUT2D eigenvalue weighted by Crippen LogP contribution is -2.38. The molecule has 0 fully saturated rings. The lowest BCUT2D eigenvalue weighted by atomic mass is 10.3. The van der Waals surface area contributed by atoms with E-state index in [-0.39, 0.29) is 12.5 Å². The third kappa shape index (κ3) is 2.85. The number of aliphatic hydroxyl groups excluding tert-OH is 1. The molecule has 1 rings (SSSR count). The van der Waals surface area contributed by atoms with E-state index in [2.05, 4.69) is 5.32 Å². The van der Waals surface area contributed by atoms with Crippen molar-refractivity contribution in [3.63, 3.8) is 0 Å². The van der Waals surface area contributed by atoms with Gasteiger partial charge < -0.3 is 16.2 Å². The molecule has 0 spiro atoms. The van der Waals surface area contributed by atoms with Crippen LogP contribution in [0.3, 0.4) is 0 Å². The minimum atomic E-state index is -0.861. The highest BCUT2D eigenvalue weighted by atomic mass is 16.3. The molecule has 1 aromatic rings. The van der Waals surface area contributed by atoms with Crippen LogP contribution >= 0.6 is 0 Å². The highest BCUT2D eigenvalue weighted by Gasteiger charge is 2.11. The SMILES string of the molecule is N[C@@H](CO)C(=O)Nc1ccccc1. The van der Waals surface area contributed by atoms with Crippen molar-refractivity contribution < 1.29 is 9.90 Å². The molecule has 0 radical (unpaired) electrons. The van der Waals surface area contributed by atoms with E-state index in [1.54, 1.807) is 24.3 Å². The lowest BCUT2D eigenvalue weighted by molar-refractivity contribution is -0.118. The average molecular weight is 180 g/mol. The maximum Gasteiger partial charge on any atom is 0.243 e. The maximum absolute atomic E-state index is 11.1. The molecule has 1 aromatic carbocycles. The summed E-state index contributed by atoms with van der Waals surface area (Å²) in [4.78, 5) is 11.1. The second-order valence-corrected chi connectivity index (χ2v) is 2.64. The third-order valence-electron chi connectivity index (χ3n) is 1.57. The normalized spacial score (nSPS) is 12.2. The molecule has 1 atom stereocenters. The number of aliphatic hydroxyl groups is 1. The Hall–Kier alpha value is -1.39. The molecule has 13 heavy (non-hydrogen) atoms. The van der Waals surface area contributed by atoms with Crippen molar-refractivity contribution >= 4 is 11.6 Å². The summed E-state index contributed by atoms with van der Waals surface area (Å²) in [5.41, 5.74) is 5.98. The van der Waals surface area contributed by atoms with E-state index < -0.39 is 6.04 Å². The van der Waals surface area contributed by atoms with E-state index in [0.29, 0.717) is 5.69 Å². The van der Waals surface area contributed by atoms with Crippen LogP contribution in [0.1, 0.15) is 0 Å². The standard InChI is InChI=1S/C9H12N2O2/c10-8(6-12)9(13)11-7-4-2-1-3-5-7/h1-5,8,12H,6,10H2,(H,11,13)/t8-/m0/s1. The van der Waals surface area contributed by atoms with Crippen molar-refractivity contribution in [2.45, 2.75) is 6.04 Å². The summed E-state index contributed by atoms with van der Waals surface area (Å²) >= 11 is 0. The molecule has 4 nitrogen and oxygen atoms in total. The summed E-state index contributed by atoms with van der Waals surface area (Å²) in [5.74, 6) is -0.381. The first kappa shape index (κ1) is 9.70. The molecule has 0 aliphatic heterocycles. The van der Waals surface area contributed by atoms with E-state index in [4.69, 9.17) is 10.8 Å². The predicted molar refractivity (Wildman–Crippen MR) is 50.1 cm³/mol. The number of carbonyl (C=O) groups is 1. The van der Waals surface area contributed by atoms with Crippen LogP contribution in [0.15, 0.2) is 30.3 Å². The average Bonchev–Trinajstić information content (AvgIpc) is 2.18. The first-order chi connectivity index (χ1) is 6.24. The Morgan fingerprint density at radius 2 is 2.08 bits per heavy atom. The Morgan fingerprint density at radius 1 is 1.46 bits per heavy atom. The number of hydrogen-bond acceptors (Lipinski definition) is 3. The molecule has 70 valence electrons. The molecular formula is C9H12N2O2. The van der Waals surface area contributed by atoms with Gasteiger partial charge in [0.25, 0.3) is 0 Å². The van der Waals surface area contributed by atoms with Crippen LogP contribution < -0.4 is 11.1 Å². The van der Waals surface area contributed by atoms with Gasteiger partial charge in [0.15, 0.2) is 0 Å². The highest BCUT2D eigenvalue weighted by molar-refractivity contribution is 5.94. The van der Waals surface area contributed by atoms with Crippen molar-refractivity contribution in [2.24, 2.45) is 5.73 Å². The zero-order chi connectivity index (χ0) is 9.68. The van der Waals surface area contributed by atoms with Gasteiger partial charge in [-0.25, -0.2) is 0 Å². The first-order valence-electron chi connectivity index (χ1n) is 3.96. The van der Waals surface area contributed by atoms with Crippen LogP contribution in [-0.2, 0) is 4.79 Å². The quantitative estimate of drug-likeness (QED) is 0.610. The van der Waals surface area contributed by atoms with Gasteiger partial charge in [-0.3, -0.25) is 4.79 Å². The predicted octanol–water partition coefficient (Wildman–Crippen LogP) is -0.0553. The number of amides is 1. The summed E-state index contributed by atoms with van der Waals surface area (Å²) in [7, 11) is 0. The molecule has 0 aliphatic rings. The summed E-state index contributed by atoms with van der Waals surface area (Å²) < 4.78 is 0. The van der Waals surface area contributed by atoms with Crippen LogP contribution in [0.4, 0.5) is 5.69 Å². The zero-order valence-electron chi connectivity index (χ0n) is 7.10. The van der Waals surface area contributed by atoms with Crippen LogP contribution in [0.2, 0.25) is 0 Å². The molecule has 4 N–H and O–H groups in total. The van der Waals surface area contributed by atoms with Crippen molar-refractivity contribution in [3.8, 4) is 0 Å². The van der Waals surface area contributed by atoms with Crippen molar-refractivity contribution in [3.05, 3.63) is 30.3 Å². The highest BCUT2D eigenvalue weighted by Crippen LogP contribution is 2.04. The fourth-order valence-corrected chi connectivity index (χ4v) is 0.839. The van der Waals surface area contributed by atoms with Gasteiger partial charge >= 0.3 is 0 Å². The monoisotopic (exact) mass is 180 g/mol. The maximum atomic E-state index is 11.1. The number of hydrogen-bond donors (Lipinski definition) is 3. The molecule has 0 aliphatic carbocycles. The molecule has 0 saturated carbocycles. The summed E-state index contributed by atoms with van der Waals surface area (Å²) in [6.07, 6.45) is 0. The lowest BCUT2D eigenvalue weighted by Gasteiger charge is -2.08. The van der Waals surface area contributed by atoms with Gasteiger partial charge in [0, 0.05) is 5.69 Å². The molecular weight excluding hydrogens is 168 g/mol. The van der Waals surface area contributed by atoms with Gasteiger partial charge in [-0.05, 0) is 12.1 Å². The topological polar surface area (TPSA) is 75.3 Å². The molecule has 0 saturated heterocycles. The largest absolute Gasteiger partial charge is 0.394 e. The van der Waals surface area contributed by atoms with Gasteiger partial charge in [-0.1, -0.05) is 18.2 Å². The van der Waals surface area contributed by atoms with Crippen molar-refractivity contribution in [1.29, 1.82) is 0 Å². The molecule has 0 unspecified atom stereocenters. The van der Waals surface area contributed by atoms with Gasteiger partial charge in [0.2, 0.25) is 5.91 Å². The Kier molecular flexibility index (Phi) is 3.42. The summed E-state index contributed by atoms with van der Waals surface area (Å²) in [6, 6.07) is 8.10. The number of anilines is 1. The second-order valence-electron chi connectivity index (χ2n) is 2.64. The summed E-state index contributed by atoms with van der Waals surface area (Å²) in [6.45, 7) is -0.349. The Morgan fingerprint density at radius 3 is 2.62 bits per heavy atom. The van der Waals surface area contributed by atoms with Crippen LogP contribution in [-0.4, -0.2) is 23.7 Å². The third-order valence-corrected chi connectivity index (χ3v) is 1.57. The number of nitrogens with two attached hydrogens (primary N) is 1. The molecule has 0 bridgehead atoms. The molecule has 0 heterocycles. The van der Waals surface area contributed by atoms with Crippen LogP contribution in [0.5, 0.6) is 0 Å². The second kappa shape index (κ2) is 4.59. The number of carbonyl (C=O) groups excluding carboxylic acids is 1. The zero-order valence-corrected chi connectivity index (χ0v) is 7.10. The fourth-order valence-electron chi connectivity index (χ4n) is 0.839. The first-order valence-corrected chi connectivity index (χ1v) is 3.96. The van der Waals surface area contributed by atoms with E-state index in [9.17, 15) is 4.79 Å². The molecule has 4 heteroatoms. The Bertz CT molecular complexity index is 274. The number of rotatable bonds is 3. The number of para-hydroxylation sites is 1. The molecule has 0 aromatic heterocycles. The Labute approximate surface area is 76.4 Å². The van der Waals surface area contributed by atoms with Crippen LogP contribution in [0.25, 0.3) is 0 Å². The number of benzene rings is 1. The smallest absolute Gasteiger partial charge is 0.243 e. The number of nitrogens with one attached hydrogen (secondary N) is 1. The van der Waals surface area contributed by atoms with Gasteiger partial charge in [0.1, 0.15) is 6.04 Å². The van der Waals surface area contributed by atoms with E-state index in [0.717, 1.165) is 0 Å². The van der Waals surface area contributed by atoms with Gasteiger partial charge in [0.05, 0.1) is 6.61 Å². The summed E-state index contributed by atoms with van der Waals surface area (Å²) in [5, 5.41) is 11.2. The van der Waals surface area contributed by atoms with E-state index in [1.165, 1.54) is 0 Å². The van der Waals surface area contributed by atoms with Gasteiger partial charge in [-0.2, -0.15) is 0 Å². The Balaban J connectivity index is 2.55. The fraction of sp³-hybridized carbons (Fsp3) is 0.222. The van der Waals surface area contributed by atoms with E-state index in [1.807, 2.05) is 6.07 Å². The van der Waals surface area contributed by atoms with E-state index >= 15 is 0 Å². The van der Waals surface area contributed by atoms with Crippen molar-refractivity contribution in [2.75, 3.05) is 11.9 Å². The van der Waals surface area contributed by atoms with Gasteiger partial charge in [-0.15, -0.1) is 0 Å². The van der Waals surface area contributed by atoms with Crippen LogP contribution in [0, 0.1) is 0 Å². The minimum Gasteiger partial charge on any atom is -0.394 e. The minimum absolute atomic E-state index is 0.349. The molecule has 1 amide bonds.